The molecule has 4 N–H and O–H groups in total. The number of oxazole rings is 1. The number of carbonyl (C=O) groups excluding carboxylic acids is 1. The van der Waals surface area contributed by atoms with E-state index in [1.165, 1.54) is 0 Å². The third-order valence-corrected chi connectivity index (χ3v) is 5.45. The number of hydrogen-bond donors (Lipinski definition) is 4. The van der Waals surface area contributed by atoms with Gasteiger partial charge in [0.2, 0.25) is 10.0 Å². The Morgan fingerprint density at radius 1 is 1.15 bits per heavy atom. The van der Waals surface area contributed by atoms with Gasteiger partial charge in [-0.2, -0.15) is 4.98 Å². The predicted octanol–water partition coefficient (Wildman–Crippen LogP) is 1.55. The molecule has 182 valence electrons. The van der Waals surface area contributed by atoms with Crippen LogP contribution < -0.4 is 20.1 Å². The second-order valence-corrected chi connectivity index (χ2v) is 9.48. The Morgan fingerprint density at radius 3 is 2.59 bits per heavy atom. The highest BCUT2D eigenvalue weighted by molar-refractivity contribution is 7.91. The van der Waals surface area contributed by atoms with Crippen molar-refractivity contribution in [2.45, 2.75) is 25.1 Å². The van der Waals surface area contributed by atoms with Crippen LogP contribution in [-0.2, 0) is 23.0 Å². The molecule has 10 nitrogen and oxygen atoms in total. The van der Waals surface area contributed by atoms with E-state index in [2.05, 4.69) is 20.3 Å². The first-order chi connectivity index (χ1) is 16.2. The van der Waals surface area contributed by atoms with Crippen molar-refractivity contribution in [3.8, 4) is 5.75 Å². The quantitative estimate of drug-likeness (QED) is 0.301. The van der Waals surface area contributed by atoms with E-state index >= 15 is 0 Å². The summed E-state index contributed by atoms with van der Waals surface area (Å²) in [5, 5.41) is 16.8. The lowest BCUT2D eigenvalue weighted by atomic mass is 10.0. The molecular weight excluding hydrogens is 460 g/mol. The molecule has 1 aromatic heterocycles. The maximum atomic E-state index is 12.7. The van der Waals surface area contributed by atoms with E-state index in [4.69, 9.17) is 9.15 Å². The normalized spacial score (nSPS) is 13.1. The SMILES string of the molecule is COc1cccc(CNCC(O)C(Cc2ccccc2)NC(=O)c2coc(NS(C)(=O)=O)n2)c1. The summed E-state index contributed by atoms with van der Waals surface area (Å²) in [5.74, 6) is 0.143. The molecule has 0 fully saturated rings. The van der Waals surface area contributed by atoms with E-state index in [1.807, 2.05) is 54.6 Å². The fraction of sp³-hybridized carbons (Fsp3) is 0.304. The molecule has 0 aliphatic heterocycles. The monoisotopic (exact) mass is 488 g/mol. The van der Waals surface area contributed by atoms with Gasteiger partial charge in [-0.1, -0.05) is 42.5 Å². The summed E-state index contributed by atoms with van der Waals surface area (Å²) >= 11 is 0. The Labute approximate surface area is 198 Å². The fourth-order valence-corrected chi connectivity index (χ4v) is 3.68. The van der Waals surface area contributed by atoms with Gasteiger partial charge >= 0.3 is 6.01 Å². The van der Waals surface area contributed by atoms with Crippen LogP contribution in [0.4, 0.5) is 6.01 Å². The predicted molar refractivity (Wildman–Crippen MR) is 127 cm³/mol. The Balaban J connectivity index is 1.65. The Morgan fingerprint density at radius 2 is 1.88 bits per heavy atom. The van der Waals surface area contributed by atoms with Gasteiger partial charge in [0.15, 0.2) is 5.69 Å². The van der Waals surface area contributed by atoms with Gasteiger partial charge in [-0.3, -0.25) is 4.79 Å². The van der Waals surface area contributed by atoms with Crippen molar-refractivity contribution in [2.24, 2.45) is 0 Å². The number of aromatic nitrogens is 1. The zero-order valence-electron chi connectivity index (χ0n) is 18.9. The number of rotatable bonds is 12. The van der Waals surface area contributed by atoms with Gasteiger partial charge in [0, 0.05) is 13.1 Å². The average Bonchev–Trinajstić information content (AvgIpc) is 3.26. The van der Waals surface area contributed by atoms with Crippen LogP contribution in [0.1, 0.15) is 21.6 Å². The Hall–Kier alpha value is -3.41. The van der Waals surface area contributed by atoms with Crippen LogP contribution in [-0.4, -0.2) is 56.5 Å². The van der Waals surface area contributed by atoms with E-state index in [9.17, 15) is 18.3 Å². The van der Waals surface area contributed by atoms with Crippen LogP contribution >= 0.6 is 0 Å². The van der Waals surface area contributed by atoms with Crippen LogP contribution in [0.5, 0.6) is 5.75 Å². The molecule has 2 atom stereocenters. The second kappa shape index (κ2) is 11.6. The van der Waals surface area contributed by atoms with Crippen LogP contribution in [0, 0.1) is 0 Å². The van der Waals surface area contributed by atoms with E-state index < -0.39 is 28.1 Å². The number of methoxy groups -OCH3 is 1. The summed E-state index contributed by atoms with van der Waals surface area (Å²) in [6.45, 7) is 0.721. The number of nitrogens with one attached hydrogen (secondary N) is 3. The van der Waals surface area contributed by atoms with E-state index in [1.54, 1.807) is 7.11 Å². The summed E-state index contributed by atoms with van der Waals surface area (Å²) in [5.41, 5.74) is 1.81. The lowest BCUT2D eigenvalue weighted by Gasteiger charge is -2.24. The largest absolute Gasteiger partial charge is 0.497 e. The lowest BCUT2D eigenvalue weighted by Crippen LogP contribution is -2.48. The number of sulfonamides is 1. The lowest BCUT2D eigenvalue weighted by molar-refractivity contribution is 0.0825. The van der Waals surface area contributed by atoms with Gasteiger partial charge < -0.3 is 24.9 Å². The molecule has 3 rings (SSSR count). The molecule has 0 saturated carbocycles. The van der Waals surface area contributed by atoms with Gasteiger partial charge in [0.1, 0.15) is 12.0 Å². The van der Waals surface area contributed by atoms with Crippen molar-refractivity contribution in [3.05, 3.63) is 77.7 Å². The maximum Gasteiger partial charge on any atom is 0.309 e. The maximum absolute atomic E-state index is 12.7. The highest BCUT2D eigenvalue weighted by Gasteiger charge is 2.24. The molecule has 0 saturated heterocycles. The molecule has 0 spiro atoms. The molecule has 11 heteroatoms. The minimum absolute atomic E-state index is 0.110. The molecular formula is C23H28N4O6S. The van der Waals surface area contributed by atoms with Crippen LogP contribution in [0.25, 0.3) is 0 Å². The molecule has 0 aliphatic rings. The number of aliphatic hydroxyl groups excluding tert-OH is 1. The van der Waals surface area contributed by atoms with E-state index in [-0.39, 0.29) is 18.3 Å². The minimum atomic E-state index is -3.60. The molecule has 1 amide bonds. The first-order valence-corrected chi connectivity index (χ1v) is 12.4. The number of anilines is 1. The molecule has 2 aromatic carbocycles. The third-order valence-electron chi connectivity index (χ3n) is 4.91. The van der Waals surface area contributed by atoms with Gasteiger partial charge in [-0.15, -0.1) is 0 Å². The van der Waals surface area contributed by atoms with Crippen LogP contribution in [0.2, 0.25) is 0 Å². The van der Waals surface area contributed by atoms with Crippen molar-refractivity contribution in [2.75, 3.05) is 24.6 Å². The third kappa shape index (κ3) is 7.87. The van der Waals surface area contributed by atoms with E-state index in [0.29, 0.717) is 13.0 Å². The summed E-state index contributed by atoms with van der Waals surface area (Å²) in [6, 6.07) is 16.1. The highest BCUT2D eigenvalue weighted by atomic mass is 32.2. The number of aliphatic hydroxyl groups is 1. The number of carbonyl (C=O) groups is 1. The molecule has 0 bridgehead atoms. The number of nitrogens with zero attached hydrogens (tertiary/aromatic N) is 1. The topological polar surface area (TPSA) is 143 Å². The summed E-state index contributed by atoms with van der Waals surface area (Å²) < 4.78 is 35.0. The van der Waals surface area contributed by atoms with Crippen molar-refractivity contribution < 1.29 is 27.5 Å². The summed E-state index contributed by atoms with van der Waals surface area (Å²) in [7, 11) is -2.00. The minimum Gasteiger partial charge on any atom is -0.497 e. The molecule has 3 aromatic rings. The molecule has 1 heterocycles. The van der Waals surface area contributed by atoms with Crippen LogP contribution in [0.15, 0.2) is 65.3 Å². The standard InChI is InChI=1S/C23H28N4O6S/c1-32-18-10-6-9-17(11-18)13-24-14-21(28)19(12-16-7-4-3-5-8-16)25-22(29)20-15-33-23(26-20)27-34(2,30)31/h3-11,15,19,21,24,28H,12-14H2,1-2H3,(H,25,29)(H,26,27). The number of amides is 1. The molecule has 34 heavy (non-hydrogen) atoms. The average molecular weight is 489 g/mol. The molecule has 0 aliphatic carbocycles. The van der Waals surface area contributed by atoms with Crippen molar-refractivity contribution in [3.63, 3.8) is 0 Å². The molecule has 0 radical (unpaired) electrons. The first-order valence-electron chi connectivity index (χ1n) is 10.5. The van der Waals surface area contributed by atoms with Crippen LogP contribution in [0.3, 0.4) is 0 Å². The van der Waals surface area contributed by atoms with Gasteiger partial charge in [0.05, 0.1) is 25.5 Å². The number of hydrogen-bond acceptors (Lipinski definition) is 8. The summed E-state index contributed by atoms with van der Waals surface area (Å²) in [6.07, 6.45) is 1.45. The first kappa shape index (κ1) is 25.2. The van der Waals surface area contributed by atoms with Gasteiger partial charge in [-0.05, 0) is 29.7 Å². The zero-order valence-corrected chi connectivity index (χ0v) is 19.7. The fourth-order valence-electron chi connectivity index (χ4n) is 3.27. The smallest absolute Gasteiger partial charge is 0.309 e. The highest BCUT2D eigenvalue weighted by Crippen LogP contribution is 2.13. The van der Waals surface area contributed by atoms with E-state index in [0.717, 1.165) is 29.4 Å². The zero-order chi connectivity index (χ0) is 24.6. The molecule has 2 unspecified atom stereocenters. The van der Waals surface area contributed by atoms with Crippen molar-refractivity contribution in [1.29, 1.82) is 0 Å². The Bertz CT molecular complexity index is 1180. The van der Waals surface area contributed by atoms with Crippen molar-refractivity contribution >= 4 is 21.9 Å². The number of ether oxygens (including phenoxy) is 1. The Kier molecular flexibility index (Phi) is 8.63. The van der Waals surface area contributed by atoms with Gasteiger partial charge in [0.25, 0.3) is 5.91 Å². The second-order valence-electron chi connectivity index (χ2n) is 7.73. The van der Waals surface area contributed by atoms with Gasteiger partial charge in [-0.25, -0.2) is 13.1 Å². The summed E-state index contributed by atoms with van der Waals surface area (Å²) in [4.78, 5) is 16.6. The van der Waals surface area contributed by atoms with Crippen molar-refractivity contribution in [1.82, 2.24) is 15.6 Å². The number of benzene rings is 2.